The molecule has 2 amide bonds. The minimum Gasteiger partial charge on any atom is -0.353 e. The molecular weight excluding hydrogens is 414 g/mol. The number of hydrogen-bond acceptors (Lipinski definition) is 4. The fourth-order valence-corrected chi connectivity index (χ4v) is 6.55. The number of nitrogens with zero attached hydrogens (tertiary/aromatic N) is 1. The van der Waals surface area contributed by atoms with Crippen LogP contribution in [0.25, 0.3) is 0 Å². The number of fused-ring (bicyclic) bond motifs is 1. The molecule has 1 aromatic rings. The Balaban J connectivity index is 1.45. The van der Waals surface area contributed by atoms with E-state index in [1.165, 1.54) is 17.1 Å². The van der Waals surface area contributed by atoms with Gasteiger partial charge >= 0.3 is 0 Å². The second kappa shape index (κ2) is 9.69. The highest BCUT2D eigenvalue weighted by Gasteiger charge is 2.34. The maximum atomic E-state index is 13.3. The second-order valence-corrected chi connectivity index (χ2v) is 11.1. The Hall–Kier alpha value is -1.93. The lowest BCUT2D eigenvalue weighted by atomic mass is 9.97. The van der Waals surface area contributed by atoms with Crippen LogP contribution in [0.5, 0.6) is 0 Å². The van der Waals surface area contributed by atoms with Crippen LogP contribution in [-0.4, -0.2) is 43.7 Å². The molecule has 4 rings (SSSR count). The van der Waals surface area contributed by atoms with Gasteiger partial charge in [-0.1, -0.05) is 25.7 Å². The Kier molecular flexibility index (Phi) is 6.96. The van der Waals surface area contributed by atoms with Crippen LogP contribution in [0.4, 0.5) is 5.69 Å². The van der Waals surface area contributed by atoms with Crippen molar-refractivity contribution in [3.8, 4) is 0 Å². The van der Waals surface area contributed by atoms with Crippen LogP contribution in [0.2, 0.25) is 0 Å². The number of nitrogens with one attached hydrogen (secondary N) is 2. The predicted molar refractivity (Wildman–Crippen MR) is 119 cm³/mol. The van der Waals surface area contributed by atoms with Crippen molar-refractivity contribution in [2.45, 2.75) is 81.6 Å². The Morgan fingerprint density at radius 2 is 1.77 bits per heavy atom. The van der Waals surface area contributed by atoms with Crippen molar-refractivity contribution in [1.82, 2.24) is 9.62 Å². The highest BCUT2D eigenvalue weighted by atomic mass is 32.2. The summed E-state index contributed by atoms with van der Waals surface area (Å²) in [5.74, 6) is -0.337. The number of piperidine rings is 1. The monoisotopic (exact) mass is 447 g/mol. The average molecular weight is 448 g/mol. The summed E-state index contributed by atoms with van der Waals surface area (Å²) in [5.41, 5.74) is 1.55. The summed E-state index contributed by atoms with van der Waals surface area (Å²) in [6, 6.07) is 5.16. The van der Waals surface area contributed by atoms with Crippen molar-refractivity contribution in [3.05, 3.63) is 23.8 Å². The Morgan fingerprint density at radius 1 is 1.00 bits per heavy atom. The highest BCUT2D eigenvalue weighted by Crippen LogP contribution is 2.29. The molecule has 0 spiro atoms. The van der Waals surface area contributed by atoms with Gasteiger partial charge in [-0.25, -0.2) is 8.42 Å². The number of benzene rings is 1. The Morgan fingerprint density at radius 3 is 2.55 bits per heavy atom. The van der Waals surface area contributed by atoms with E-state index in [1.54, 1.807) is 18.2 Å². The SMILES string of the molecule is O=C1CCCc2cc(S(=O)(=O)N3CCC[C@H](C(=O)NC4CCCCCC4)C3)ccc2N1. The molecule has 2 heterocycles. The molecule has 1 aromatic carbocycles. The first kappa shape index (κ1) is 22.3. The second-order valence-electron chi connectivity index (χ2n) is 9.12. The molecule has 1 saturated carbocycles. The van der Waals surface area contributed by atoms with E-state index >= 15 is 0 Å². The van der Waals surface area contributed by atoms with E-state index in [4.69, 9.17) is 0 Å². The summed E-state index contributed by atoms with van der Waals surface area (Å²) in [7, 11) is -3.69. The van der Waals surface area contributed by atoms with Gasteiger partial charge in [-0.3, -0.25) is 9.59 Å². The van der Waals surface area contributed by atoms with E-state index in [0.717, 1.165) is 37.7 Å². The lowest BCUT2D eigenvalue weighted by Crippen LogP contribution is -2.47. The van der Waals surface area contributed by atoms with Gasteiger partial charge in [-0.2, -0.15) is 4.31 Å². The number of sulfonamides is 1. The van der Waals surface area contributed by atoms with E-state index in [2.05, 4.69) is 10.6 Å². The molecule has 0 bridgehead atoms. The van der Waals surface area contributed by atoms with Crippen LogP contribution in [0.1, 0.15) is 69.8 Å². The average Bonchev–Trinajstić information content (AvgIpc) is 3.13. The summed E-state index contributed by atoms with van der Waals surface area (Å²) >= 11 is 0. The molecule has 31 heavy (non-hydrogen) atoms. The number of hydrogen-bond donors (Lipinski definition) is 2. The third-order valence-electron chi connectivity index (χ3n) is 6.79. The number of aryl methyl sites for hydroxylation is 1. The smallest absolute Gasteiger partial charge is 0.243 e. The van der Waals surface area contributed by atoms with Crippen LogP contribution in [-0.2, 0) is 26.0 Å². The standard InChI is InChI=1S/C23H33N3O4S/c27-22-11-5-7-17-15-20(12-13-21(17)25-22)31(29,30)26-14-6-8-18(16-26)23(28)24-19-9-3-1-2-4-10-19/h12-13,15,18-19H,1-11,14,16H2,(H,24,28)(H,25,27)/t18-/m0/s1. The first-order valence-corrected chi connectivity index (χ1v) is 13.1. The number of carbonyl (C=O) groups is 2. The molecule has 3 aliphatic rings. The van der Waals surface area contributed by atoms with Crippen molar-refractivity contribution in [1.29, 1.82) is 0 Å². The van der Waals surface area contributed by atoms with E-state index in [-0.39, 0.29) is 35.2 Å². The minimum absolute atomic E-state index is 0.00330. The lowest BCUT2D eigenvalue weighted by Gasteiger charge is -2.32. The van der Waals surface area contributed by atoms with Gasteiger partial charge in [-0.15, -0.1) is 0 Å². The fourth-order valence-electron chi connectivity index (χ4n) is 4.98. The molecule has 1 saturated heterocycles. The number of amides is 2. The van der Waals surface area contributed by atoms with E-state index in [1.807, 2.05) is 0 Å². The van der Waals surface area contributed by atoms with Crippen LogP contribution < -0.4 is 10.6 Å². The van der Waals surface area contributed by atoms with Gasteiger partial charge in [0.15, 0.2) is 0 Å². The van der Waals surface area contributed by atoms with E-state index in [9.17, 15) is 18.0 Å². The predicted octanol–water partition coefficient (Wildman–Crippen LogP) is 3.20. The Labute approximate surface area is 185 Å². The van der Waals surface area contributed by atoms with E-state index < -0.39 is 10.0 Å². The van der Waals surface area contributed by atoms with Crippen molar-refractivity contribution < 1.29 is 18.0 Å². The summed E-state index contributed by atoms with van der Waals surface area (Å²) in [5, 5.41) is 6.04. The third kappa shape index (κ3) is 5.29. The molecule has 0 unspecified atom stereocenters. The summed E-state index contributed by atoms with van der Waals surface area (Å²) in [6.07, 6.45) is 10.0. The largest absolute Gasteiger partial charge is 0.353 e. The quantitative estimate of drug-likeness (QED) is 0.693. The summed E-state index contributed by atoms with van der Waals surface area (Å²) < 4.78 is 28.1. The molecule has 7 nitrogen and oxygen atoms in total. The van der Waals surface area contributed by atoms with Crippen molar-refractivity contribution >= 4 is 27.5 Å². The molecule has 2 N–H and O–H groups in total. The Bertz CT molecular complexity index is 923. The van der Waals surface area contributed by atoms with Crippen molar-refractivity contribution in [2.24, 2.45) is 5.92 Å². The number of rotatable bonds is 4. The third-order valence-corrected chi connectivity index (χ3v) is 8.66. The molecule has 2 fully saturated rings. The van der Waals surface area contributed by atoms with Crippen LogP contribution in [0.3, 0.4) is 0 Å². The van der Waals surface area contributed by atoms with E-state index in [0.29, 0.717) is 37.9 Å². The van der Waals surface area contributed by atoms with Crippen molar-refractivity contribution in [2.75, 3.05) is 18.4 Å². The maximum Gasteiger partial charge on any atom is 0.243 e. The van der Waals surface area contributed by atoms with Gasteiger partial charge < -0.3 is 10.6 Å². The highest BCUT2D eigenvalue weighted by molar-refractivity contribution is 7.89. The maximum absolute atomic E-state index is 13.3. The molecule has 1 atom stereocenters. The molecule has 0 radical (unpaired) electrons. The topological polar surface area (TPSA) is 95.6 Å². The first-order valence-electron chi connectivity index (χ1n) is 11.7. The molecule has 2 aliphatic heterocycles. The summed E-state index contributed by atoms with van der Waals surface area (Å²) in [4.78, 5) is 24.9. The number of carbonyl (C=O) groups excluding carboxylic acids is 2. The van der Waals surface area contributed by atoms with Gasteiger partial charge in [0.05, 0.1) is 10.8 Å². The summed E-state index contributed by atoms with van der Waals surface area (Å²) in [6.45, 7) is 0.665. The van der Waals surface area contributed by atoms with Gasteiger partial charge in [0.25, 0.3) is 0 Å². The van der Waals surface area contributed by atoms with Gasteiger partial charge in [0.2, 0.25) is 21.8 Å². The van der Waals surface area contributed by atoms with Crippen molar-refractivity contribution in [3.63, 3.8) is 0 Å². The molecular formula is C23H33N3O4S. The van der Waals surface area contributed by atoms with Gasteiger partial charge in [0.1, 0.15) is 0 Å². The van der Waals surface area contributed by atoms with Gasteiger partial charge in [0, 0.05) is 31.2 Å². The fraction of sp³-hybridized carbons (Fsp3) is 0.652. The first-order chi connectivity index (χ1) is 14.9. The molecule has 170 valence electrons. The van der Waals surface area contributed by atoms with Crippen LogP contribution in [0.15, 0.2) is 23.1 Å². The van der Waals surface area contributed by atoms with Crippen LogP contribution >= 0.6 is 0 Å². The van der Waals surface area contributed by atoms with Crippen LogP contribution in [0, 0.1) is 5.92 Å². The molecule has 0 aromatic heterocycles. The zero-order chi connectivity index (χ0) is 21.8. The zero-order valence-corrected chi connectivity index (χ0v) is 18.9. The number of anilines is 1. The molecule has 1 aliphatic carbocycles. The zero-order valence-electron chi connectivity index (χ0n) is 18.1. The minimum atomic E-state index is -3.69. The lowest BCUT2D eigenvalue weighted by molar-refractivity contribution is -0.126. The molecule has 8 heteroatoms. The normalized spacial score (nSPS) is 23.9. The van der Waals surface area contributed by atoms with Gasteiger partial charge in [-0.05, 0) is 62.3 Å².